The van der Waals surface area contributed by atoms with E-state index in [-0.39, 0.29) is 36.5 Å². The molecule has 4 N–H and O–H groups in total. The van der Waals surface area contributed by atoms with E-state index in [9.17, 15) is 24.6 Å². The predicted molar refractivity (Wildman–Crippen MR) is 168 cm³/mol. The summed E-state index contributed by atoms with van der Waals surface area (Å²) in [4.78, 5) is 52.9. The topological polar surface area (TPSA) is 160 Å². The van der Waals surface area contributed by atoms with E-state index in [0.29, 0.717) is 37.2 Å². The molecule has 244 valence electrons. The van der Waals surface area contributed by atoms with Crippen molar-refractivity contribution in [1.29, 1.82) is 0 Å². The van der Waals surface area contributed by atoms with Gasteiger partial charge in [0.1, 0.15) is 22.9 Å². The molecule has 0 bridgehead atoms. The first kappa shape index (κ1) is 32.3. The van der Waals surface area contributed by atoms with Crippen LogP contribution in [-0.4, -0.2) is 104 Å². The predicted octanol–water partition coefficient (Wildman–Crippen LogP) is 2.51. The van der Waals surface area contributed by atoms with Crippen LogP contribution >= 0.6 is 0 Å². The average molecular weight is 624 g/mol. The van der Waals surface area contributed by atoms with E-state index in [4.69, 9.17) is 9.72 Å². The molecule has 3 aliphatic heterocycles. The number of rotatable bonds is 7. The van der Waals surface area contributed by atoms with Crippen molar-refractivity contribution < 1.29 is 29.3 Å². The molecule has 13 heteroatoms. The van der Waals surface area contributed by atoms with Gasteiger partial charge in [-0.25, -0.2) is 9.78 Å². The third-order valence-corrected chi connectivity index (χ3v) is 8.60. The van der Waals surface area contributed by atoms with Gasteiger partial charge in [-0.05, 0) is 69.2 Å². The van der Waals surface area contributed by atoms with Gasteiger partial charge < -0.3 is 35.4 Å². The van der Waals surface area contributed by atoms with Crippen LogP contribution in [-0.2, 0) is 22.5 Å². The second-order valence-electron chi connectivity index (χ2n) is 13.5. The van der Waals surface area contributed by atoms with E-state index in [1.807, 2.05) is 0 Å². The van der Waals surface area contributed by atoms with Gasteiger partial charge in [-0.15, -0.1) is 0 Å². The molecule has 0 unspecified atom stereocenters. The first-order chi connectivity index (χ1) is 21.3. The van der Waals surface area contributed by atoms with Crippen LogP contribution in [0.3, 0.4) is 0 Å². The van der Waals surface area contributed by atoms with Crippen LogP contribution in [0.1, 0.15) is 69.1 Å². The van der Waals surface area contributed by atoms with Crippen molar-refractivity contribution in [2.75, 3.05) is 42.9 Å². The maximum absolute atomic E-state index is 13.5. The molecule has 3 aliphatic rings. The number of carbonyl (C=O) groups excluding carboxylic acids is 3. The molecule has 0 spiro atoms. The SMILES string of the molecule is CC(=O)N1CC(Nc2cc(C(=O)NC[C@@H](O)[C@@H]3Cc4ccc(O)cc4CN3C(=O)OC(C)(C)C)nc(N3CCC(C)CC3)n2)C1. The zero-order chi connectivity index (χ0) is 32.5. The Hall–Kier alpha value is -4.13. The highest BCUT2D eigenvalue weighted by Gasteiger charge is 2.37. The number of hydrogen-bond acceptors (Lipinski definition) is 10. The first-order valence-corrected chi connectivity index (χ1v) is 15.7. The Morgan fingerprint density at radius 2 is 1.80 bits per heavy atom. The maximum atomic E-state index is 13.5. The number of phenolic OH excluding ortho intramolecular Hbond substituents is 1. The monoisotopic (exact) mass is 623 g/mol. The van der Waals surface area contributed by atoms with Gasteiger partial charge in [-0.1, -0.05) is 13.0 Å². The number of amides is 3. The fourth-order valence-electron chi connectivity index (χ4n) is 5.89. The van der Waals surface area contributed by atoms with Crippen molar-refractivity contribution in [3.63, 3.8) is 0 Å². The van der Waals surface area contributed by atoms with Crippen molar-refractivity contribution in [3.05, 3.63) is 41.1 Å². The summed E-state index contributed by atoms with van der Waals surface area (Å²) >= 11 is 0. The Labute approximate surface area is 264 Å². The number of aliphatic hydroxyl groups excluding tert-OH is 1. The Morgan fingerprint density at radius 1 is 1.09 bits per heavy atom. The van der Waals surface area contributed by atoms with Gasteiger partial charge in [-0.3, -0.25) is 14.5 Å². The highest BCUT2D eigenvalue weighted by atomic mass is 16.6. The van der Waals surface area contributed by atoms with E-state index >= 15 is 0 Å². The van der Waals surface area contributed by atoms with E-state index in [1.165, 1.54) is 11.8 Å². The molecule has 2 fully saturated rings. The van der Waals surface area contributed by atoms with E-state index in [2.05, 4.69) is 27.4 Å². The lowest BCUT2D eigenvalue weighted by atomic mass is 9.91. The summed E-state index contributed by atoms with van der Waals surface area (Å²) in [6.07, 6.45) is 0.632. The van der Waals surface area contributed by atoms with Gasteiger partial charge in [-0.2, -0.15) is 4.98 Å². The molecule has 1 aromatic carbocycles. The minimum absolute atomic E-state index is 0.0160. The van der Waals surface area contributed by atoms with Crippen LogP contribution in [0.25, 0.3) is 0 Å². The molecule has 0 radical (unpaired) electrons. The molecular formula is C32H45N7O6. The third-order valence-electron chi connectivity index (χ3n) is 8.60. The number of likely N-dealkylation sites (tertiary alicyclic amines) is 1. The van der Waals surface area contributed by atoms with Crippen molar-refractivity contribution in [2.45, 2.75) is 84.2 Å². The molecule has 45 heavy (non-hydrogen) atoms. The van der Waals surface area contributed by atoms with E-state index < -0.39 is 29.7 Å². The van der Waals surface area contributed by atoms with Crippen molar-refractivity contribution in [2.24, 2.45) is 5.92 Å². The van der Waals surface area contributed by atoms with Crippen LogP contribution in [0.4, 0.5) is 16.6 Å². The molecule has 3 amide bonds. The van der Waals surface area contributed by atoms with Crippen LogP contribution in [0.15, 0.2) is 24.3 Å². The van der Waals surface area contributed by atoms with Crippen molar-refractivity contribution >= 4 is 29.7 Å². The smallest absolute Gasteiger partial charge is 0.410 e. The molecule has 5 rings (SSSR count). The molecular weight excluding hydrogens is 578 g/mol. The van der Waals surface area contributed by atoms with E-state index in [1.54, 1.807) is 49.9 Å². The number of benzene rings is 1. The summed E-state index contributed by atoms with van der Waals surface area (Å²) in [7, 11) is 0. The molecule has 0 aliphatic carbocycles. The van der Waals surface area contributed by atoms with E-state index in [0.717, 1.165) is 37.1 Å². The number of hydrogen-bond donors (Lipinski definition) is 4. The molecule has 2 saturated heterocycles. The van der Waals surface area contributed by atoms with Gasteiger partial charge in [0.15, 0.2) is 0 Å². The number of aromatic nitrogens is 2. The second kappa shape index (κ2) is 13.1. The lowest BCUT2D eigenvalue weighted by molar-refractivity contribution is -0.132. The quantitative estimate of drug-likeness (QED) is 0.361. The van der Waals surface area contributed by atoms with Crippen molar-refractivity contribution in [3.8, 4) is 5.75 Å². The Balaban J connectivity index is 1.31. The van der Waals surface area contributed by atoms with Crippen LogP contribution in [0, 0.1) is 5.92 Å². The highest BCUT2D eigenvalue weighted by Crippen LogP contribution is 2.30. The fourth-order valence-corrected chi connectivity index (χ4v) is 5.89. The Bertz CT molecular complexity index is 1420. The molecule has 2 aromatic rings. The van der Waals surface area contributed by atoms with Gasteiger partial charge in [0.2, 0.25) is 11.9 Å². The van der Waals surface area contributed by atoms with Gasteiger partial charge in [0.05, 0.1) is 18.2 Å². The summed E-state index contributed by atoms with van der Waals surface area (Å²) in [6.45, 7) is 11.8. The number of piperidine rings is 1. The lowest BCUT2D eigenvalue weighted by Gasteiger charge is -2.40. The molecule has 13 nitrogen and oxygen atoms in total. The molecule has 0 saturated carbocycles. The normalized spacial score (nSPS) is 19.8. The highest BCUT2D eigenvalue weighted by molar-refractivity contribution is 5.93. The minimum Gasteiger partial charge on any atom is -0.508 e. The largest absolute Gasteiger partial charge is 0.508 e. The lowest BCUT2D eigenvalue weighted by Crippen LogP contribution is -2.56. The number of aromatic hydroxyl groups is 1. The number of ether oxygens (including phenoxy) is 1. The Morgan fingerprint density at radius 3 is 2.47 bits per heavy atom. The average Bonchev–Trinajstić information content (AvgIpc) is 2.95. The zero-order valence-electron chi connectivity index (χ0n) is 26.7. The number of phenols is 1. The van der Waals surface area contributed by atoms with Crippen LogP contribution < -0.4 is 15.5 Å². The number of carbonyl (C=O) groups is 3. The summed E-state index contributed by atoms with van der Waals surface area (Å²) in [6, 6.07) is 5.91. The van der Waals surface area contributed by atoms with Crippen LogP contribution in [0.5, 0.6) is 5.75 Å². The number of nitrogens with zero attached hydrogens (tertiary/aromatic N) is 5. The standard InChI is InChI=1S/C32H45N7O6/c1-19-8-10-37(11-9-19)30-35-25(14-28(36-30)34-23-17-38(18-23)20(2)40)29(43)33-15-27(42)26-13-21-6-7-24(41)12-22(21)16-39(26)31(44)45-32(3,4)5/h6-7,12,14,19,23,26-27,41-42H,8-11,13,15-18H2,1-5H3,(H,33,43)(H,34,35,36)/t26-,27+/m0/s1. The summed E-state index contributed by atoms with van der Waals surface area (Å²) < 4.78 is 5.63. The van der Waals surface area contributed by atoms with Crippen LogP contribution in [0.2, 0.25) is 0 Å². The molecule has 2 atom stereocenters. The van der Waals surface area contributed by atoms with Gasteiger partial charge in [0, 0.05) is 52.3 Å². The second-order valence-corrected chi connectivity index (χ2v) is 13.5. The third kappa shape index (κ3) is 7.94. The summed E-state index contributed by atoms with van der Waals surface area (Å²) in [5, 5.41) is 27.5. The number of aliphatic hydroxyl groups is 1. The minimum atomic E-state index is -1.11. The summed E-state index contributed by atoms with van der Waals surface area (Å²) in [5.74, 6) is 1.20. The number of anilines is 2. The zero-order valence-corrected chi connectivity index (χ0v) is 26.7. The number of fused-ring (bicyclic) bond motifs is 1. The molecule has 1 aromatic heterocycles. The summed E-state index contributed by atoms with van der Waals surface area (Å²) in [5.41, 5.74) is 1.08. The van der Waals surface area contributed by atoms with Gasteiger partial charge in [0.25, 0.3) is 5.91 Å². The Kier molecular flexibility index (Phi) is 9.38. The number of nitrogens with one attached hydrogen (secondary N) is 2. The first-order valence-electron chi connectivity index (χ1n) is 15.7. The van der Waals surface area contributed by atoms with Crippen molar-refractivity contribution in [1.82, 2.24) is 25.1 Å². The fraction of sp³-hybridized carbons (Fsp3) is 0.594. The molecule has 4 heterocycles. The van der Waals surface area contributed by atoms with Gasteiger partial charge >= 0.3 is 6.09 Å². The maximum Gasteiger partial charge on any atom is 0.410 e.